The molecule has 0 bridgehead atoms. The Bertz CT molecular complexity index is 771. The molecule has 1 aliphatic heterocycles. The van der Waals surface area contributed by atoms with E-state index in [1.807, 2.05) is 11.4 Å². The molecular formula is C14H14N2O4S2. The Morgan fingerprint density at radius 3 is 3.09 bits per heavy atom. The van der Waals surface area contributed by atoms with Crippen LogP contribution in [0, 0.1) is 0 Å². The zero-order chi connectivity index (χ0) is 15.6. The first kappa shape index (κ1) is 15.1. The standard InChI is InChI=1S/C14H14N2O4S2/c17-13(16-22(18,19)11-2-1-5-15-9-11)8-12-14-10(3-6-20-12)4-7-21-14/h1-2,4-5,7,9,12H,3,6,8H2,(H,16,17)/t12-/m1/s1. The van der Waals surface area contributed by atoms with Crippen molar-refractivity contribution in [3.05, 3.63) is 46.4 Å². The molecule has 2 aromatic rings. The van der Waals surface area contributed by atoms with Gasteiger partial charge < -0.3 is 4.74 Å². The van der Waals surface area contributed by atoms with Crippen molar-refractivity contribution in [3.63, 3.8) is 0 Å². The Morgan fingerprint density at radius 1 is 1.45 bits per heavy atom. The molecule has 0 fully saturated rings. The van der Waals surface area contributed by atoms with Crippen LogP contribution in [-0.4, -0.2) is 25.9 Å². The first-order chi connectivity index (χ1) is 10.6. The molecule has 0 aromatic carbocycles. The van der Waals surface area contributed by atoms with Gasteiger partial charge in [-0.1, -0.05) is 0 Å². The van der Waals surface area contributed by atoms with Crippen LogP contribution in [0.1, 0.15) is 23.0 Å². The van der Waals surface area contributed by atoms with Crippen LogP contribution in [0.5, 0.6) is 0 Å². The molecule has 0 aliphatic carbocycles. The molecule has 0 saturated carbocycles. The number of hydrogen-bond donors (Lipinski definition) is 1. The maximum Gasteiger partial charge on any atom is 0.265 e. The Kier molecular flexibility index (Phi) is 4.23. The fourth-order valence-electron chi connectivity index (χ4n) is 2.30. The number of aromatic nitrogens is 1. The molecule has 2 aromatic heterocycles. The first-order valence-electron chi connectivity index (χ1n) is 6.70. The lowest BCUT2D eigenvalue weighted by atomic mass is 10.1. The van der Waals surface area contributed by atoms with Gasteiger partial charge in [-0.2, -0.15) is 0 Å². The predicted molar refractivity (Wildman–Crippen MR) is 80.9 cm³/mol. The topological polar surface area (TPSA) is 85.4 Å². The summed E-state index contributed by atoms with van der Waals surface area (Å²) in [5.41, 5.74) is 1.17. The molecule has 1 amide bonds. The molecule has 3 heterocycles. The van der Waals surface area contributed by atoms with Gasteiger partial charge in [-0.3, -0.25) is 9.78 Å². The second-order valence-electron chi connectivity index (χ2n) is 4.84. The summed E-state index contributed by atoms with van der Waals surface area (Å²) in [4.78, 5) is 16.8. The number of sulfonamides is 1. The second kappa shape index (κ2) is 6.15. The van der Waals surface area contributed by atoms with E-state index in [9.17, 15) is 13.2 Å². The molecule has 1 N–H and O–H groups in total. The molecule has 0 saturated heterocycles. The third-order valence-electron chi connectivity index (χ3n) is 3.33. The van der Waals surface area contributed by atoms with Crippen molar-refractivity contribution in [2.45, 2.75) is 23.8 Å². The highest BCUT2D eigenvalue weighted by Gasteiger charge is 2.26. The van der Waals surface area contributed by atoms with Crippen LogP contribution < -0.4 is 4.72 Å². The molecule has 1 atom stereocenters. The van der Waals surface area contributed by atoms with Gasteiger partial charge in [0.05, 0.1) is 13.0 Å². The Balaban J connectivity index is 1.69. The van der Waals surface area contributed by atoms with E-state index in [4.69, 9.17) is 4.74 Å². The summed E-state index contributed by atoms with van der Waals surface area (Å²) in [6.45, 7) is 0.539. The highest BCUT2D eigenvalue weighted by molar-refractivity contribution is 7.90. The fourth-order valence-corrected chi connectivity index (χ4v) is 4.26. The van der Waals surface area contributed by atoms with Crippen molar-refractivity contribution < 1.29 is 17.9 Å². The van der Waals surface area contributed by atoms with Gasteiger partial charge in [0.1, 0.15) is 11.0 Å². The number of amides is 1. The van der Waals surface area contributed by atoms with Gasteiger partial charge in [0.2, 0.25) is 5.91 Å². The Labute approximate surface area is 132 Å². The van der Waals surface area contributed by atoms with E-state index in [-0.39, 0.29) is 17.4 Å². The van der Waals surface area contributed by atoms with Crippen molar-refractivity contribution in [1.29, 1.82) is 0 Å². The Hall–Kier alpha value is -1.77. The van der Waals surface area contributed by atoms with Crippen LogP contribution >= 0.6 is 11.3 Å². The quantitative estimate of drug-likeness (QED) is 0.916. The van der Waals surface area contributed by atoms with Gasteiger partial charge in [-0.15, -0.1) is 11.3 Å². The average molecular weight is 338 g/mol. The molecule has 8 heteroatoms. The number of rotatable bonds is 4. The van der Waals surface area contributed by atoms with E-state index < -0.39 is 15.9 Å². The molecule has 116 valence electrons. The van der Waals surface area contributed by atoms with E-state index in [0.717, 1.165) is 11.3 Å². The first-order valence-corrected chi connectivity index (χ1v) is 9.06. The minimum absolute atomic E-state index is 0.0208. The van der Waals surface area contributed by atoms with Gasteiger partial charge in [0, 0.05) is 17.3 Å². The summed E-state index contributed by atoms with van der Waals surface area (Å²) in [6.07, 6.45) is 3.09. The van der Waals surface area contributed by atoms with E-state index >= 15 is 0 Å². The van der Waals surface area contributed by atoms with Crippen molar-refractivity contribution in [1.82, 2.24) is 9.71 Å². The highest BCUT2D eigenvalue weighted by atomic mass is 32.2. The lowest BCUT2D eigenvalue weighted by Crippen LogP contribution is -2.32. The predicted octanol–water partition coefficient (Wildman–Crippen LogP) is 1.65. The maximum absolute atomic E-state index is 12.1. The normalized spacial score (nSPS) is 17.7. The number of carbonyl (C=O) groups excluding carboxylic acids is 1. The summed E-state index contributed by atoms with van der Waals surface area (Å²) in [5.74, 6) is -0.588. The van der Waals surface area contributed by atoms with E-state index in [1.165, 1.54) is 41.4 Å². The maximum atomic E-state index is 12.1. The third-order valence-corrected chi connectivity index (χ3v) is 5.74. The monoisotopic (exact) mass is 338 g/mol. The van der Waals surface area contributed by atoms with Crippen molar-refractivity contribution in [3.8, 4) is 0 Å². The summed E-state index contributed by atoms with van der Waals surface area (Å²) >= 11 is 1.53. The number of pyridine rings is 1. The molecule has 0 radical (unpaired) electrons. The zero-order valence-corrected chi connectivity index (χ0v) is 13.2. The number of fused-ring (bicyclic) bond motifs is 1. The number of hydrogen-bond acceptors (Lipinski definition) is 6. The summed E-state index contributed by atoms with van der Waals surface area (Å²) in [7, 11) is -3.89. The molecule has 0 unspecified atom stereocenters. The number of thiophene rings is 1. The van der Waals surface area contributed by atoms with Crippen molar-refractivity contribution in [2.75, 3.05) is 6.61 Å². The van der Waals surface area contributed by atoms with Gasteiger partial charge in [-0.25, -0.2) is 13.1 Å². The second-order valence-corrected chi connectivity index (χ2v) is 7.47. The van der Waals surface area contributed by atoms with E-state index in [2.05, 4.69) is 9.71 Å². The van der Waals surface area contributed by atoms with Gasteiger partial charge in [0.25, 0.3) is 10.0 Å². The third kappa shape index (κ3) is 3.18. The van der Waals surface area contributed by atoms with Crippen LogP contribution in [0.4, 0.5) is 0 Å². The molecule has 3 rings (SSSR count). The van der Waals surface area contributed by atoms with Crippen LogP contribution in [0.15, 0.2) is 40.9 Å². The fraction of sp³-hybridized carbons (Fsp3) is 0.286. The smallest absolute Gasteiger partial charge is 0.265 e. The number of nitrogens with zero attached hydrogens (tertiary/aromatic N) is 1. The van der Waals surface area contributed by atoms with Gasteiger partial charge in [0.15, 0.2) is 0 Å². The van der Waals surface area contributed by atoms with E-state index in [1.54, 1.807) is 0 Å². The number of ether oxygens (including phenoxy) is 1. The van der Waals surface area contributed by atoms with Crippen molar-refractivity contribution in [2.24, 2.45) is 0 Å². The summed E-state index contributed by atoms with van der Waals surface area (Å²) in [5, 5.41) is 1.95. The lowest BCUT2D eigenvalue weighted by molar-refractivity contribution is -0.122. The van der Waals surface area contributed by atoms with E-state index in [0.29, 0.717) is 6.61 Å². The largest absolute Gasteiger partial charge is 0.372 e. The molecule has 22 heavy (non-hydrogen) atoms. The minimum Gasteiger partial charge on any atom is -0.372 e. The highest BCUT2D eigenvalue weighted by Crippen LogP contribution is 2.33. The SMILES string of the molecule is O=C(C[C@H]1OCCc2ccsc21)NS(=O)(=O)c1cccnc1. The number of carbonyl (C=O) groups is 1. The minimum atomic E-state index is -3.89. The average Bonchev–Trinajstić information content (AvgIpc) is 2.97. The lowest BCUT2D eigenvalue weighted by Gasteiger charge is -2.22. The zero-order valence-electron chi connectivity index (χ0n) is 11.6. The van der Waals surface area contributed by atoms with Crippen LogP contribution in [-0.2, 0) is 26.0 Å². The number of nitrogens with one attached hydrogen (secondary N) is 1. The van der Waals surface area contributed by atoms with Crippen LogP contribution in [0.3, 0.4) is 0 Å². The summed E-state index contributed by atoms with van der Waals surface area (Å²) in [6, 6.07) is 4.90. The van der Waals surface area contributed by atoms with Gasteiger partial charge >= 0.3 is 0 Å². The van der Waals surface area contributed by atoms with Crippen molar-refractivity contribution >= 4 is 27.3 Å². The summed E-state index contributed by atoms with van der Waals surface area (Å²) < 4.78 is 31.8. The molecule has 0 spiro atoms. The molecule has 6 nitrogen and oxygen atoms in total. The molecule has 1 aliphatic rings. The Morgan fingerprint density at radius 2 is 2.32 bits per heavy atom. The van der Waals surface area contributed by atoms with Crippen LogP contribution in [0.2, 0.25) is 0 Å². The van der Waals surface area contributed by atoms with Gasteiger partial charge in [-0.05, 0) is 35.6 Å². The molecular weight excluding hydrogens is 324 g/mol. The van der Waals surface area contributed by atoms with Crippen LogP contribution in [0.25, 0.3) is 0 Å².